The van der Waals surface area contributed by atoms with Crippen LogP contribution in [0.25, 0.3) is 0 Å². The van der Waals surface area contributed by atoms with E-state index in [4.69, 9.17) is 5.11 Å². The van der Waals surface area contributed by atoms with Crippen LogP contribution >= 0.6 is 0 Å². The first kappa shape index (κ1) is 14.5. The summed E-state index contributed by atoms with van der Waals surface area (Å²) in [7, 11) is 0. The van der Waals surface area contributed by atoms with Crippen molar-refractivity contribution < 1.29 is 14.8 Å². The molecular weight excluding hydrogens is 272 g/mol. The number of nitro groups is 1. The number of anilines is 1. The fourth-order valence-electron chi connectivity index (χ4n) is 1.88. The molecule has 0 spiro atoms. The highest BCUT2D eigenvalue weighted by Gasteiger charge is 2.07. The predicted molar refractivity (Wildman–Crippen MR) is 78.6 cm³/mol. The molecule has 0 amide bonds. The van der Waals surface area contributed by atoms with Gasteiger partial charge in [-0.05, 0) is 30.2 Å². The molecule has 0 aliphatic rings. The van der Waals surface area contributed by atoms with E-state index < -0.39 is 10.9 Å². The Bertz CT molecular complexity index is 681. The minimum atomic E-state index is -0.978. The van der Waals surface area contributed by atoms with Crippen LogP contribution in [0.5, 0.6) is 0 Å². The fourth-order valence-corrected chi connectivity index (χ4v) is 1.88. The van der Waals surface area contributed by atoms with Crippen molar-refractivity contribution in [3.63, 3.8) is 0 Å². The van der Waals surface area contributed by atoms with Crippen molar-refractivity contribution in [1.82, 2.24) is 0 Å². The van der Waals surface area contributed by atoms with E-state index in [0.29, 0.717) is 6.54 Å². The summed E-state index contributed by atoms with van der Waals surface area (Å²) in [4.78, 5) is 21.1. The zero-order chi connectivity index (χ0) is 15.4. The number of nitro benzene ring substituents is 1. The van der Waals surface area contributed by atoms with Crippen molar-refractivity contribution in [2.75, 3.05) is 5.32 Å². The molecule has 0 saturated heterocycles. The smallest absolute Gasteiger partial charge is 0.335 e. The van der Waals surface area contributed by atoms with Gasteiger partial charge in [-0.15, -0.1) is 0 Å². The van der Waals surface area contributed by atoms with Crippen LogP contribution in [0.3, 0.4) is 0 Å². The first-order chi connectivity index (χ1) is 9.97. The summed E-state index contributed by atoms with van der Waals surface area (Å²) in [5.41, 5.74) is 2.80. The number of rotatable bonds is 5. The molecule has 0 unspecified atom stereocenters. The van der Waals surface area contributed by atoms with Crippen LogP contribution in [0.2, 0.25) is 0 Å². The van der Waals surface area contributed by atoms with Gasteiger partial charge < -0.3 is 10.4 Å². The second kappa shape index (κ2) is 6.04. The molecule has 2 aromatic carbocycles. The summed E-state index contributed by atoms with van der Waals surface area (Å²) in [6, 6.07) is 11.1. The third-order valence-corrected chi connectivity index (χ3v) is 3.11. The average Bonchev–Trinajstić information content (AvgIpc) is 2.46. The third-order valence-electron chi connectivity index (χ3n) is 3.11. The Morgan fingerprint density at radius 1 is 1.24 bits per heavy atom. The molecule has 0 aliphatic carbocycles. The molecule has 0 fully saturated rings. The third kappa shape index (κ3) is 3.56. The van der Waals surface area contributed by atoms with Gasteiger partial charge in [0.05, 0.1) is 10.5 Å². The van der Waals surface area contributed by atoms with Crippen LogP contribution in [0.1, 0.15) is 21.5 Å². The molecular formula is C15H14N2O4. The molecule has 0 radical (unpaired) electrons. The molecule has 108 valence electrons. The van der Waals surface area contributed by atoms with Crippen LogP contribution in [-0.4, -0.2) is 16.0 Å². The van der Waals surface area contributed by atoms with Crippen LogP contribution in [0.4, 0.5) is 11.4 Å². The van der Waals surface area contributed by atoms with Gasteiger partial charge in [0, 0.05) is 24.4 Å². The number of non-ortho nitro benzene ring substituents is 1. The van der Waals surface area contributed by atoms with E-state index in [1.807, 2.05) is 6.92 Å². The highest BCUT2D eigenvalue weighted by molar-refractivity contribution is 5.89. The number of nitrogens with zero attached hydrogens (tertiary/aromatic N) is 1. The van der Waals surface area contributed by atoms with Gasteiger partial charge in [0.25, 0.3) is 5.69 Å². The van der Waals surface area contributed by atoms with Gasteiger partial charge in [0.15, 0.2) is 0 Å². The van der Waals surface area contributed by atoms with Crippen molar-refractivity contribution in [2.45, 2.75) is 13.5 Å². The Hall–Kier alpha value is -2.89. The van der Waals surface area contributed by atoms with Gasteiger partial charge in [0.2, 0.25) is 0 Å². The largest absolute Gasteiger partial charge is 0.478 e. The Kier molecular flexibility index (Phi) is 4.18. The van der Waals surface area contributed by atoms with E-state index in [1.54, 1.807) is 30.3 Å². The highest BCUT2D eigenvalue weighted by Crippen LogP contribution is 2.19. The normalized spacial score (nSPS) is 10.1. The zero-order valence-electron chi connectivity index (χ0n) is 11.4. The Morgan fingerprint density at radius 2 is 1.90 bits per heavy atom. The maximum Gasteiger partial charge on any atom is 0.335 e. The molecule has 0 atom stereocenters. The summed E-state index contributed by atoms with van der Waals surface area (Å²) < 4.78 is 0. The number of carbonyl (C=O) groups is 1. The maximum atomic E-state index is 10.9. The summed E-state index contributed by atoms with van der Waals surface area (Å²) in [6.45, 7) is 2.34. The number of aryl methyl sites for hydroxylation is 1. The molecule has 2 aromatic rings. The Morgan fingerprint density at radius 3 is 2.48 bits per heavy atom. The van der Waals surface area contributed by atoms with Crippen LogP contribution in [0.15, 0.2) is 42.5 Å². The SMILES string of the molecule is Cc1ccc(C(=O)O)cc1NCc1ccc([N+](=O)[O-])cc1. The Labute approximate surface area is 121 Å². The molecule has 0 bridgehead atoms. The van der Waals surface area contributed by atoms with Crippen molar-refractivity contribution in [3.8, 4) is 0 Å². The fraction of sp³-hybridized carbons (Fsp3) is 0.133. The zero-order valence-corrected chi connectivity index (χ0v) is 11.4. The summed E-state index contributed by atoms with van der Waals surface area (Å²) in [5.74, 6) is -0.978. The van der Waals surface area contributed by atoms with Gasteiger partial charge in [0.1, 0.15) is 0 Å². The van der Waals surface area contributed by atoms with E-state index in [9.17, 15) is 14.9 Å². The van der Waals surface area contributed by atoms with Gasteiger partial charge >= 0.3 is 5.97 Å². The molecule has 0 aliphatic heterocycles. The molecule has 6 heteroatoms. The second-order valence-electron chi connectivity index (χ2n) is 4.61. The van der Waals surface area contributed by atoms with Crippen molar-refractivity contribution in [1.29, 1.82) is 0 Å². The number of hydrogen-bond acceptors (Lipinski definition) is 4. The number of hydrogen-bond donors (Lipinski definition) is 2. The Balaban J connectivity index is 2.10. The second-order valence-corrected chi connectivity index (χ2v) is 4.61. The lowest BCUT2D eigenvalue weighted by Gasteiger charge is -2.10. The quantitative estimate of drug-likeness (QED) is 0.650. The lowest BCUT2D eigenvalue weighted by molar-refractivity contribution is -0.384. The van der Waals surface area contributed by atoms with E-state index in [1.165, 1.54) is 12.1 Å². The monoisotopic (exact) mass is 286 g/mol. The number of nitrogens with one attached hydrogen (secondary N) is 1. The molecule has 2 rings (SSSR count). The van der Waals surface area contributed by atoms with Gasteiger partial charge in [-0.3, -0.25) is 10.1 Å². The highest BCUT2D eigenvalue weighted by atomic mass is 16.6. The minimum Gasteiger partial charge on any atom is -0.478 e. The van der Waals surface area contributed by atoms with E-state index in [0.717, 1.165) is 16.8 Å². The molecule has 21 heavy (non-hydrogen) atoms. The molecule has 6 nitrogen and oxygen atoms in total. The first-order valence-corrected chi connectivity index (χ1v) is 6.28. The molecule has 0 heterocycles. The van der Waals surface area contributed by atoms with E-state index in [-0.39, 0.29) is 11.3 Å². The topological polar surface area (TPSA) is 92.5 Å². The lowest BCUT2D eigenvalue weighted by atomic mass is 10.1. The summed E-state index contributed by atoms with van der Waals surface area (Å²) in [6.07, 6.45) is 0. The summed E-state index contributed by atoms with van der Waals surface area (Å²) >= 11 is 0. The van der Waals surface area contributed by atoms with Crippen LogP contribution in [-0.2, 0) is 6.54 Å². The number of carboxylic acids is 1. The van der Waals surface area contributed by atoms with E-state index in [2.05, 4.69) is 5.32 Å². The van der Waals surface area contributed by atoms with Crippen molar-refractivity contribution in [2.24, 2.45) is 0 Å². The first-order valence-electron chi connectivity index (χ1n) is 6.28. The number of benzene rings is 2. The van der Waals surface area contributed by atoms with E-state index >= 15 is 0 Å². The lowest BCUT2D eigenvalue weighted by Crippen LogP contribution is -2.04. The van der Waals surface area contributed by atoms with Gasteiger partial charge in [-0.1, -0.05) is 18.2 Å². The number of aromatic carboxylic acids is 1. The minimum absolute atomic E-state index is 0.0443. The maximum absolute atomic E-state index is 10.9. The summed E-state index contributed by atoms with van der Waals surface area (Å²) in [5, 5.41) is 22.7. The molecule has 0 saturated carbocycles. The average molecular weight is 286 g/mol. The van der Waals surface area contributed by atoms with Gasteiger partial charge in [-0.25, -0.2) is 4.79 Å². The molecule has 2 N–H and O–H groups in total. The van der Waals surface area contributed by atoms with Crippen molar-refractivity contribution >= 4 is 17.3 Å². The number of carboxylic acid groups (broad SMARTS) is 1. The van der Waals surface area contributed by atoms with Crippen molar-refractivity contribution in [3.05, 3.63) is 69.3 Å². The molecule has 0 aromatic heterocycles. The van der Waals surface area contributed by atoms with Gasteiger partial charge in [-0.2, -0.15) is 0 Å². The standard InChI is InChI=1S/C15H14N2O4/c1-10-2-5-12(15(18)19)8-14(10)16-9-11-3-6-13(7-4-11)17(20)21/h2-8,16H,9H2,1H3,(H,18,19). The predicted octanol–water partition coefficient (Wildman–Crippen LogP) is 3.21. The van der Waals surface area contributed by atoms with Crippen LogP contribution in [0, 0.1) is 17.0 Å². The van der Waals surface area contributed by atoms with Crippen LogP contribution < -0.4 is 5.32 Å².